The highest BCUT2D eigenvalue weighted by Gasteiger charge is 2.27. The van der Waals surface area contributed by atoms with Gasteiger partial charge in [0.2, 0.25) is 0 Å². The van der Waals surface area contributed by atoms with Crippen molar-refractivity contribution in [2.45, 2.75) is 40.2 Å². The first-order valence-corrected chi connectivity index (χ1v) is 6.42. The molecule has 0 saturated heterocycles. The summed E-state index contributed by atoms with van der Waals surface area (Å²) in [6, 6.07) is 3.67. The number of benzene rings is 1. The van der Waals surface area contributed by atoms with Gasteiger partial charge in [-0.05, 0) is 30.5 Å². The van der Waals surface area contributed by atoms with Gasteiger partial charge in [0.15, 0.2) is 0 Å². The standard InChI is InChI=1S/C14H21FN2O2/c1-5-16-13(14(2,3)4)9-10-8-11(15)6-7-12(10)17(18)19/h6-8,13,16H,5,9H2,1-4H3. The van der Waals surface area contributed by atoms with Crippen LogP contribution in [0.5, 0.6) is 0 Å². The van der Waals surface area contributed by atoms with Gasteiger partial charge in [0, 0.05) is 17.7 Å². The molecule has 1 rings (SSSR count). The third-order valence-corrected chi connectivity index (χ3v) is 3.16. The maximum atomic E-state index is 13.3. The molecule has 0 heterocycles. The minimum absolute atomic E-state index is 0.0199. The number of nitrogens with one attached hydrogen (secondary N) is 1. The quantitative estimate of drug-likeness (QED) is 0.658. The number of hydrogen-bond acceptors (Lipinski definition) is 3. The lowest BCUT2D eigenvalue weighted by Crippen LogP contribution is -2.42. The van der Waals surface area contributed by atoms with Gasteiger partial charge in [-0.2, -0.15) is 0 Å². The molecule has 1 aromatic rings. The van der Waals surface area contributed by atoms with Crippen molar-refractivity contribution in [3.63, 3.8) is 0 Å². The van der Waals surface area contributed by atoms with Crippen LogP contribution in [0.25, 0.3) is 0 Å². The maximum Gasteiger partial charge on any atom is 0.272 e. The summed E-state index contributed by atoms with van der Waals surface area (Å²) < 4.78 is 13.3. The van der Waals surface area contributed by atoms with E-state index in [0.29, 0.717) is 12.0 Å². The fourth-order valence-corrected chi connectivity index (χ4v) is 2.05. The number of halogens is 1. The molecule has 0 aliphatic heterocycles. The topological polar surface area (TPSA) is 55.2 Å². The summed E-state index contributed by atoms with van der Waals surface area (Å²) in [7, 11) is 0. The van der Waals surface area contributed by atoms with Gasteiger partial charge in [0.25, 0.3) is 5.69 Å². The highest BCUT2D eigenvalue weighted by molar-refractivity contribution is 5.41. The number of hydrogen-bond donors (Lipinski definition) is 1. The van der Waals surface area contributed by atoms with E-state index >= 15 is 0 Å². The number of nitrogens with zero attached hydrogens (tertiary/aromatic N) is 1. The van der Waals surface area contributed by atoms with Gasteiger partial charge in [-0.3, -0.25) is 10.1 Å². The molecule has 1 aromatic carbocycles. The number of rotatable bonds is 5. The van der Waals surface area contributed by atoms with Crippen LogP contribution in [-0.2, 0) is 6.42 Å². The molecule has 1 unspecified atom stereocenters. The summed E-state index contributed by atoms with van der Waals surface area (Å²) in [6.45, 7) is 8.94. The molecule has 0 aliphatic carbocycles. The van der Waals surface area contributed by atoms with Gasteiger partial charge in [0.1, 0.15) is 5.82 Å². The Morgan fingerprint density at radius 2 is 2.05 bits per heavy atom. The van der Waals surface area contributed by atoms with Gasteiger partial charge in [-0.25, -0.2) is 4.39 Å². The van der Waals surface area contributed by atoms with E-state index in [1.54, 1.807) is 0 Å². The zero-order valence-corrected chi connectivity index (χ0v) is 11.9. The summed E-state index contributed by atoms with van der Waals surface area (Å²) in [5.74, 6) is -0.440. The Hall–Kier alpha value is -1.49. The van der Waals surface area contributed by atoms with Gasteiger partial charge in [-0.15, -0.1) is 0 Å². The van der Waals surface area contributed by atoms with Crippen LogP contribution < -0.4 is 5.32 Å². The molecule has 0 fully saturated rings. The van der Waals surface area contributed by atoms with E-state index in [2.05, 4.69) is 26.1 Å². The monoisotopic (exact) mass is 268 g/mol. The minimum Gasteiger partial charge on any atom is -0.313 e. The van der Waals surface area contributed by atoms with Crippen molar-refractivity contribution in [1.82, 2.24) is 5.32 Å². The van der Waals surface area contributed by atoms with Crippen LogP contribution in [-0.4, -0.2) is 17.5 Å². The Kier molecular flexibility index (Phi) is 5.00. The van der Waals surface area contributed by atoms with E-state index in [0.717, 1.165) is 12.6 Å². The molecule has 19 heavy (non-hydrogen) atoms. The van der Waals surface area contributed by atoms with Crippen LogP contribution >= 0.6 is 0 Å². The van der Waals surface area contributed by atoms with Crippen molar-refractivity contribution in [3.05, 3.63) is 39.7 Å². The van der Waals surface area contributed by atoms with Gasteiger partial charge >= 0.3 is 0 Å². The van der Waals surface area contributed by atoms with Crippen LogP contribution in [0.3, 0.4) is 0 Å². The molecule has 1 atom stereocenters. The molecule has 106 valence electrons. The second-order valence-electron chi connectivity index (χ2n) is 5.71. The number of likely N-dealkylation sites (N-methyl/N-ethyl adjacent to an activating group) is 1. The Morgan fingerprint density at radius 3 is 2.53 bits per heavy atom. The number of nitro benzene ring substituents is 1. The second kappa shape index (κ2) is 6.10. The molecular formula is C14H21FN2O2. The summed E-state index contributed by atoms with van der Waals surface area (Å²) in [4.78, 5) is 10.5. The summed E-state index contributed by atoms with van der Waals surface area (Å²) in [5, 5.41) is 14.3. The predicted octanol–water partition coefficient (Wildman–Crippen LogP) is 3.30. The SMILES string of the molecule is CCNC(Cc1cc(F)ccc1[N+](=O)[O-])C(C)(C)C. The number of nitro groups is 1. The largest absolute Gasteiger partial charge is 0.313 e. The predicted molar refractivity (Wildman–Crippen MR) is 73.7 cm³/mol. The average molecular weight is 268 g/mol. The fourth-order valence-electron chi connectivity index (χ4n) is 2.05. The van der Waals surface area contributed by atoms with Crippen molar-refractivity contribution >= 4 is 5.69 Å². The summed E-state index contributed by atoms with van der Waals surface area (Å²) >= 11 is 0. The van der Waals surface area contributed by atoms with Crippen molar-refractivity contribution in [2.24, 2.45) is 5.41 Å². The molecule has 0 spiro atoms. The smallest absolute Gasteiger partial charge is 0.272 e. The van der Waals surface area contributed by atoms with E-state index in [1.807, 2.05) is 6.92 Å². The first-order valence-electron chi connectivity index (χ1n) is 6.42. The zero-order chi connectivity index (χ0) is 14.6. The lowest BCUT2D eigenvalue weighted by molar-refractivity contribution is -0.385. The van der Waals surface area contributed by atoms with Crippen LogP contribution in [0.4, 0.5) is 10.1 Å². The van der Waals surface area contributed by atoms with Crippen molar-refractivity contribution < 1.29 is 9.31 Å². The first-order chi connectivity index (χ1) is 8.75. The third-order valence-electron chi connectivity index (χ3n) is 3.16. The van der Waals surface area contributed by atoms with E-state index < -0.39 is 10.7 Å². The van der Waals surface area contributed by atoms with Crippen LogP contribution in [0.2, 0.25) is 0 Å². The van der Waals surface area contributed by atoms with Gasteiger partial charge in [0.05, 0.1) is 4.92 Å². The molecule has 1 N–H and O–H groups in total. The normalized spacial score (nSPS) is 13.3. The van der Waals surface area contributed by atoms with Crippen molar-refractivity contribution in [2.75, 3.05) is 6.54 Å². The summed E-state index contributed by atoms with van der Waals surface area (Å²) in [5.41, 5.74) is 0.357. The van der Waals surface area contributed by atoms with Gasteiger partial charge < -0.3 is 5.32 Å². The molecule has 0 aromatic heterocycles. The molecule has 0 amide bonds. The lowest BCUT2D eigenvalue weighted by atomic mass is 9.82. The Bertz CT molecular complexity index is 455. The van der Waals surface area contributed by atoms with Crippen LogP contribution in [0, 0.1) is 21.3 Å². The first kappa shape index (κ1) is 15.6. The van der Waals surface area contributed by atoms with Gasteiger partial charge in [-0.1, -0.05) is 27.7 Å². The van der Waals surface area contributed by atoms with E-state index in [1.165, 1.54) is 12.1 Å². The van der Waals surface area contributed by atoms with Crippen LogP contribution in [0.15, 0.2) is 18.2 Å². The summed E-state index contributed by atoms with van der Waals surface area (Å²) in [6.07, 6.45) is 0.436. The maximum absolute atomic E-state index is 13.3. The third kappa shape index (κ3) is 4.28. The molecular weight excluding hydrogens is 247 g/mol. The van der Waals surface area contributed by atoms with Crippen LogP contribution in [0.1, 0.15) is 33.3 Å². The molecule has 0 aliphatic rings. The van der Waals surface area contributed by atoms with E-state index in [4.69, 9.17) is 0 Å². The zero-order valence-electron chi connectivity index (χ0n) is 11.9. The minimum atomic E-state index is -0.458. The van der Waals surface area contributed by atoms with Crippen molar-refractivity contribution in [3.8, 4) is 0 Å². The highest BCUT2D eigenvalue weighted by atomic mass is 19.1. The highest BCUT2D eigenvalue weighted by Crippen LogP contribution is 2.27. The Balaban J connectivity index is 3.08. The molecule has 5 heteroatoms. The Labute approximate surface area is 113 Å². The van der Waals surface area contributed by atoms with E-state index in [9.17, 15) is 14.5 Å². The Morgan fingerprint density at radius 1 is 1.42 bits per heavy atom. The molecule has 0 bridgehead atoms. The lowest BCUT2D eigenvalue weighted by Gasteiger charge is -2.31. The molecule has 4 nitrogen and oxygen atoms in total. The fraction of sp³-hybridized carbons (Fsp3) is 0.571. The second-order valence-corrected chi connectivity index (χ2v) is 5.71. The molecule has 0 saturated carbocycles. The average Bonchev–Trinajstić information content (AvgIpc) is 2.26. The molecule has 0 radical (unpaired) electrons. The van der Waals surface area contributed by atoms with E-state index in [-0.39, 0.29) is 17.1 Å². The van der Waals surface area contributed by atoms with Crippen molar-refractivity contribution in [1.29, 1.82) is 0 Å².